The number of primary amides is 1. The molecule has 2 aliphatic heterocycles. The third-order valence-electron chi connectivity index (χ3n) is 9.08. The van der Waals surface area contributed by atoms with E-state index in [0.29, 0.717) is 56.6 Å². The molecule has 2 saturated heterocycles. The quantitative estimate of drug-likeness (QED) is 0.231. The maximum Gasteiger partial charge on any atom is 0.435 e. The molecule has 0 bridgehead atoms. The maximum absolute atomic E-state index is 13.8. The van der Waals surface area contributed by atoms with Crippen LogP contribution in [0.5, 0.6) is 0 Å². The minimum absolute atomic E-state index is 0.0480. The summed E-state index contributed by atoms with van der Waals surface area (Å²) in [7, 11) is 1.97. The number of hydrogen-bond donors (Lipinski definition) is 3. The van der Waals surface area contributed by atoms with Gasteiger partial charge < -0.3 is 30.3 Å². The summed E-state index contributed by atoms with van der Waals surface area (Å²) in [5, 5.41) is 6.25. The number of imidazole rings is 1. The topological polar surface area (TPSA) is 185 Å². The number of likely N-dealkylation sites (tertiary alicyclic amines) is 1. The molecule has 1 aromatic carbocycles. The van der Waals surface area contributed by atoms with Gasteiger partial charge >= 0.3 is 6.18 Å². The van der Waals surface area contributed by atoms with E-state index in [2.05, 4.69) is 30.4 Å². The minimum Gasteiger partial charge on any atom is -0.365 e. The molecular weight excluding hydrogens is 695 g/mol. The average molecular weight is 729 g/mol. The van der Waals surface area contributed by atoms with E-state index in [1.165, 1.54) is 36.7 Å². The highest BCUT2D eigenvalue weighted by atomic mass is 35.5. The molecule has 0 radical (unpaired) electrons. The number of nitrogens with two attached hydrogens (primary N) is 1. The van der Waals surface area contributed by atoms with Crippen molar-refractivity contribution >= 4 is 40.9 Å². The number of alkyl halides is 3. The molecule has 4 amide bonds. The normalized spacial score (nSPS) is 19.5. The van der Waals surface area contributed by atoms with Gasteiger partial charge in [-0.2, -0.15) is 18.3 Å². The molecular formula is C32H34ClF3N11O4+. The molecule has 5 heterocycles. The number of halogens is 4. The number of piperazine rings is 1. The minimum atomic E-state index is -4.82. The SMILES string of the molecule is C[N+]1(CC(N)=O)CCC(C(=O)N2CCN(C(=O)c3ccc(NC(=O)c4ncc(-c5cn(-c6ncccn6)nc5C(F)(F)F)[nH]4)cc3Cl)CC2)CC1. The van der Waals surface area contributed by atoms with Crippen LogP contribution in [-0.4, -0.2) is 120 Å². The van der Waals surface area contributed by atoms with Crippen LogP contribution in [0.1, 0.15) is 39.5 Å². The van der Waals surface area contributed by atoms with Gasteiger partial charge in [-0.3, -0.25) is 19.2 Å². The standard InChI is InChI=1S/C32H33ClF3N11O4/c1-47(18-25(37)48)13-5-19(6-14-47)29(50)44-9-11-45(12-10-44)30(51)21-4-3-20(15-23(21)33)41-28(49)27-40-16-24(42-27)22-17-46(31-38-7-2-8-39-31)43-26(22)32(34,35)36/h2-4,7-8,15-17,19H,5-6,9-14,18H2,1H3,(H3-,37,40,41,42,48,49,51)/p+1. The molecule has 4 aromatic rings. The van der Waals surface area contributed by atoms with Crippen molar-refractivity contribution in [2.75, 3.05) is 58.2 Å². The Hall–Kier alpha value is -5.36. The Bertz CT molecular complexity index is 1950. The largest absolute Gasteiger partial charge is 0.435 e. The monoisotopic (exact) mass is 728 g/mol. The van der Waals surface area contributed by atoms with E-state index in [-0.39, 0.29) is 69.5 Å². The Balaban J connectivity index is 1.05. The van der Waals surface area contributed by atoms with Gasteiger partial charge in [0, 0.05) is 69.2 Å². The van der Waals surface area contributed by atoms with E-state index in [1.807, 2.05) is 7.05 Å². The number of nitrogens with one attached hydrogen (secondary N) is 2. The first-order valence-corrected chi connectivity index (χ1v) is 16.4. The Morgan fingerprint density at radius 2 is 1.71 bits per heavy atom. The van der Waals surface area contributed by atoms with Gasteiger partial charge in [0.2, 0.25) is 11.9 Å². The van der Waals surface area contributed by atoms with Crippen molar-refractivity contribution in [3.8, 4) is 17.2 Å². The molecule has 4 N–H and O–H groups in total. The fourth-order valence-corrected chi connectivity index (χ4v) is 6.61. The fourth-order valence-electron chi connectivity index (χ4n) is 6.35. The highest BCUT2D eigenvalue weighted by molar-refractivity contribution is 6.34. The van der Waals surface area contributed by atoms with E-state index in [4.69, 9.17) is 17.3 Å². The Morgan fingerprint density at radius 1 is 1.04 bits per heavy atom. The van der Waals surface area contributed by atoms with E-state index in [0.717, 1.165) is 17.1 Å². The number of aromatic nitrogens is 6. The molecule has 0 unspecified atom stereocenters. The summed E-state index contributed by atoms with van der Waals surface area (Å²) in [6.45, 7) is 3.00. The van der Waals surface area contributed by atoms with Crippen LogP contribution in [0.25, 0.3) is 17.2 Å². The number of aromatic amines is 1. The van der Waals surface area contributed by atoms with E-state index in [9.17, 15) is 32.3 Å². The number of anilines is 1. The van der Waals surface area contributed by atoms with Crippen molar-refractivity contribution in [3.63, 3.8) is 0 Å². The third-order valence-corrected chi connectivity index (χ3v) is 9.39. The number of carbonyl (C=O) groups excluding carboxylic acids is 4. The van der Waals surface area contributed by atoms with Gasteiger partial charge in [0.25, 0.3) is 17.7 Å². The van der Waals surface area contributed by atoms with Crippen LogP contribution >= 0.6 is 11.6 Å². The molecule has 0 atom stereocenters. The number of piperidine rings is 1. The maximum atomic E-state index is 13.8. The molecule has 19 heteroatoms. The zero-order chi connectivity index (χ0) is 36.5. The van der Waals surface area contributed by atoms with Crippen LogP contribution < -0.4 is 11.1 Å². The molecule has 15 nitrogen and oxygen atoms in total. The molecule has 0 spiro atoms. The van der Waals surface area contributed by atoms with Crippen molar-refractivity contribution in [3.05, 3.63) is 71.2 Å². The van der Waals surface area contributed by atoms with E-state index in [1.54, 1.807) is 9.80 Å². The Labute approximate surface area is 294 Å². The predicted octanol–water partition coefficient (Wildman–Crippen LogP) is 2.60. The molecule has 51 heavy (non-hydrogen) atoms. The molecule has 3 aromatic heterocycles. The average Bonchev–Trinajstić information content (AvgIpc) is 3.77. The lowest BCUT2D eigenvalue weighted by atomic mass is 9.93. The van der Waals surface area contributed by atoms with Crippen LogP contribution in [-0.2, 0) is 15.8 Å². The smallest absolute Gasteiger partial charge is 0.365 e. The summed E-state index contributed by atoms with van der Waals surface area (Å²) < 4.78 is 42.9. The molecule has 0 saturated carbocycles. The molecule has 2 fully saturated rings. The van der Waals surface area contributed by atoms with Crippen LogP contribution in [0.3, 0.4) is 0 Å². The number of amides is 4. The highest BCUT2D eigenvalue weighted by Gasteiger charge is 2.39. The predicted molar refractivity (Wildman–Crippen MR) is 176 cm³/mol. The summed E-state index contributed by atoms with van der Waals surface area (Å²) in [4.78, 5) is 68.7. The number of carbonyl (C=O) groups is 4. The molecule has 2 aliphatic rings. The van der Waals surface area contributed by atoms with Crippen molar-refractivity contribution in [2.45, 2.75) is 19.0 Å². The summed E-state index contributed by atoms with van der Waals surface area (Å²) in [6.07, 6.45) is 1.39. The van der Waals surface area contributed by atoms with E-state index >= 15 is 0 Å². The van der Waals surface area contributed by atoms with Crippen LogP contribution in [0, 0.1) is 5.92 Å². The van der Waals surface area contributed by atoms with Gasteiger partial charge in [0.05, 0.1) is 48.2 Å². The number of rotatable bonds is 8. The highest BCUT2D eigenvalue weighted by Crippen LogP contribution is 2.36. The second-order valence-corrected chi connectivity index (χ2v) is 13.2. The van der Waals surface area contributed by atoms with Gasteiger partial charge in [-0.05, 0) is 24.3 Å². The van der Waals surface area contributed by atoms with Gasteiger partial charge in [-0.15, -0.1) is 0 Å². The number of nitrogens with zero attached hydrogens (tertiary/aromatic N) is 8. The Morgan fingerprint density at radius 3 is 2.33 bits per heavy atom. The van der Waals surface area contributed by atoms with Crippen molar-refractivity contribution in [1.82, 2.24) is 39.5 Å². The lowest BCUT2D eigenvalue weighted by Crippen LogP contribution is -2.57. The number of quaternary nitrogens is 1. The van der Waals surface area contributed by atoms with Crippen LogP contribution in [0.15, 0.2) is 49.1 Å². The fraction of sp³-hybridized carbons (Fsp3) is 0.375. The summed E-state index contributed by atoms with van der Waals surface area (Å²) in [6, 6.07) is 5.83. The second-order valence-electron chi connectivity index (χ2n) is 12.8. The van der Waals surface area contributed by atoms with Gasteiger partial charge in [0.15, 0.2) is 18.1 Å². The lowest BCUT2D eigenvalue weighted by Gasteiger charge is -2.41. The van der Waals surface area contributed by atoms with Crippen LogP contribution in [0.2, 0.25) is 5.02 Å². The molecule has 268 valence electrons. The van der Waals surface area contributed by atoms with Crippen molar-refractivity contribution < 1.29 is 36.8 Å². The number of hydrogen-bond acceptors (Lipinski definition) is 8. The number of benzene rings is 1. The summed E-state index contributed by atoms with van der Waals surface area (Å²) >= 11 is 6.46. The van der Waals surface area contributed by atoms with Crippen molar-refractivity contribution in [2.24, 2.45) is 11.7 Å². The van der Waals surface area contributed by atoms with E-state index < -0.39 is 17.8 Å². The van der Waals surface area contributed by atoms with Crippen molar-refractivity contribution in [1.29, 1.82) is 0 Å². The third kappa shape index (κ3) is 7.86. The Kier molecular flexibility index (Phi) is 9.81. The molecule has 0 aliphatic carbocycles. The summed E-state index contributed by atoms with van der Waals surface area (Å²) in [5.41, 5.74) is 4.10. The zero-order valence-corrected chi connectivity index (χ0v) is 28.1. The van der Waals surface area contributed by atoms with Crippen LogP contribution in [0.4, 0.5) is 18.9 Å². The summed E-state index contributed by atoms with van der Waals surface area (Å²) in [5.74, 6) is -1.91. The first-order chi connectivity index (χ1) is 24.2. The van der Waals surface area contributed by atoms with Gasteiger partial charge in [-0.1, -0.05) is 11.6 Å². The van der Waals surface area contributed by atoms with Gasteiger partial charge in [-0.25, -0.2) is 19.6 Å². The number of H-pyrrole nitrogens is 1. The number of likely N-dealkylation sites (N-methyl/N-ethyl adjacent to an activating group) is 1. The zero-order valence-electron chi connectivity index (χ0n) is 27.4. The molecule has 6 rings (SSSR count). The first-order valence-electron chi connectivity index (χ1n) is 16.0. The van der Waals surface area contributed by atoms with Gasteiger partial charge in [0.1, 0.15) is 0 Å². The second kappa shape index (κ2) is 14.1. The lowest BCUT2D eigenvalue weighted by molar-refractivity contribution is -0.907. The first kappa shape index (κ1) is 35.5.